The van der Waals surface area contributed by atoms with E-state index < -0.39 is 23.9 Å². The second-order valence-corrected chi connectivity index (χ2v) is 11.8. The normalized spacial score (nSPS) is 10.9. The van der Waals surface area contributed by atoms with Crippen LogP contribution in [0.1, 0.15) is 64.7 Å². The van der Waals surface area contributed by atoms with E-state index in [1.54, 1.807) is 43.0 Å². The SMILES string of the molecule is COC(=O)c1cc(C)n(CN(Cn2nc(C(=O)OC)cc2C)c2ccc(N(Cn3nc(C(=O)OC)cc3C)Cn3nc(C(=O)OC)cc3C)cc2)n1. The average molecular weight is 717 g/mol. The van der Waals surface area contributed by atoms with Gasteiger partial charge in [-0.25, -0.2) is 37.9 Å². The van der Waals surface area contributed by atoms with E-state index >= 15 is 0 Å². The summed E-state index contributed by atoms with van der Waals surface area (Å²) in [5.41, 5.74) is 5.10. The van der Waals surface area contributed by atoms with Gasteiger partial charge in [0.05, 0.1) is 28.4 Å². The summed E-state index contributed by atoms with van der Waals surface area (Å²) in [5, 5.41) is 17.8. The number of aromatic nitrogens is 8. The Hall–Kier alpha value is -6.46. The average Bonchev–Trinajstić information content (AvgIpc) is 3.92. The Balaban J connectivity index is 1.51. The van der Waals surface area contributed by atoms with Gasteiger partial charge in [-0.15, -0.1) is 0 Å². The fourth-order valence-corrected chi connectivity index (χ4v) is 5.37. The molecule has 5 aromatic rings. The molecule has 0 spiro atoms. The van der Waals surface area contributed by atoms with E-state index in [-0.39, 0.29) is 49.5 Å². The maximum absolute atomic E-state index is 12.2. The van der Waals surface area contributed by atoms with E-state index in [9.17, 15) is 19.2 Å². The van der Waals surface area contributed by atoms with Gasteiger partial charge in [-0.05, 0) is 76.2 Å². The maximum Gasteiger partial charge on any atom is 0.358 e. The lowest BCUT2D eigenvalue weighted by Gasteiger charge is -2.28. The Kier molecular flexibility index (Phi) is 11.1. The third kappa shape index (κ3) is 7.95. The van der Waals surface area contributed by atoms with Gasteiger partial charge < -0.3 is 28.7 Å². The minimum atomic E-state index is -0.555. The monoisotopic (exact) mass is 716 g/mol. The molecule has 0 aliphatic carbocycles. The number of methoxy groups -OCH3 is 4. The summed E-state index contributed by atoms with van der Waals surface area (Å²) in [4.78, 5) is 52.9. The van der Waals surface area contributed by atoms with E-state index in [0.717, 1.165) is 34.2 Å². The molecule has 0 aliphatic heterocycles. The highest BCUT2D eigenvalue weighted by molar-refractivity contribution is 5.88. The van der Waals surface area contributed by atoms with Crippen LogP contribution in [0.4, 0.5) is 11.4 Å². The van der Waals surface area contributed by atoms with Crippen LogP contribution in [0.5, 0.6) is 0 Å². The van der Waals surface area contributed by atoms with Gasteiger partial charge in [-0.3, -0.25) is 0 Å². The van der Waals surface area contributed by atoms with E-state index in [2.05, 4.69) is 20.4 Å². The topological polar surface area (TPSA) is 183 Å². The third-order valence-corrected chi connectivity index (χ3v) is 8.30. The molecule has 52 heavy (non-hydrogen) atoms. The second kappa shape index (κ2) is 15.6. The molecule has 4 aromatic heterocycles. The summed E-state index contributed by atoms with van der Waals surface area (Å²) < 4.78 is 26.1. The molecule has 0 aliphatic rings. The molecule has 0 radical (unpaired) electrons. The summed E-state index contributed by atoms with van der Waals surface area (Å²) in [6, 6.07) is 14.2. The first-order valence-corrected chi connectivity index (χ1v) is 16.0. The number of carbonyl (C=O) groups excluding carboxylic acids is 4. The lowest BCUT2D eigenvalue weighted by molar-refractivity contribution is 0.0584. The fraction of sp³-hybridized carbons (Fsp3) is 0.353. The number of carbonyl (C=O) groups is 4. The molecule has 5 rings (SSSR count). The van der Waals surface area contributed by atoms with Crippen LogP contribution in [-0.2, 0) is 45.6 Å². The molecule has 274 valence electrons. The highest BCUT2D eigenvalue weighted by Crippen LogP contribution is 2.25. The summed E-state index contributed by atoms with van der Waals surface area (Å²) in [6.07, 6.45) is 0. The first kappa shape index (κ1) is 36.8. The van der Waals surface area contributed by atoms with E-state index in [4.69, 9.17) is 18.9 Å². The molecule has 0 N–H and O–H groups in total. The Morgan fingerprint density at radius 1 is 0.462 bits per heavy atom. The van der Waals surface area contributed by atoms with Gasteiger partial charge in [0.25, 0.3) is 0 Å². The van der Waals surface area contributed by atoms with Crippen molar-refractivity contribution in [2.45, 2.75) is 54.4 Å². The van der Waals surface area contributed by atoms with Gasteiger partial charge in [-0.2, -0.15) is 20.4 Å². The van der Waals surface area contributed by atoms with Gasteiger partial charge in [0.15, 0.2) is 22.8 Å². The number of benzene rings is 1. The van der Waals surface area contributed by atoms with Crippen LogP contribution in [0.25, 0.3) is 0 Å². The number of anilines is 2. The highest BCUT2D eigenvalue weighted by Gasteiger charge is 2.21. The second-order valence-electron chi connectivity index (χ2n) is 11.8. The van der Waals surface area contributed by atoms with Crippen molar-refractivity contribution < 1.29 is 38.1 Å². The van der Waals surface area contributed by atoms with Gasteiger partial charge >= 0.3 is 23.9 Å². The van der Waals surface area contributed by atoms with E-state index in [1.165, 1.54) is 28.4 Å². The molecular formula is C34H40N10O8. The molecule has 0 saturated heterocycles. The van der Waals surface area contributed by atoms with E-state index in [0.29, 0.717) is 0 Å². The number of hydrogen-bond donors (Lipinski definition) is 0. The van der Waals surface area contributed by atoms with Crippen LogP contribution < -0.4 is 9.80 Å². The first-order chi connectivity index (χ1) is 24.8. The van der Waals surface area contributed by atoms with Crippen molar-refractivity contribution >= 4 is 35.3 Å². The molecule has 4 heterocycles. The minimum Gasteiger partial charge on any atom is -0.464 e. The number of hydrogen-bond acceptors (Lipinski definition) is 14. The number of esters is 4. The quantitative estimate of drug-likeness (QED) is 0.121. The number of aryl methyl sites for hydroxylation is 4. The van der Waals surface area contributed by atoms with Crippen LogP contribution in [-0.4, -0.2) is 91.4 Å². The van der Waals surface area contributed by atoms with Crippen molar-refractivity contribution in [2.24, 2.45) is 0 Å². The number of rotatable bonds is 14. The molecule has 0 amide bonds. The van der Waals surface area contributed by atoms with Gasteiger partial charge in [0.2, 0.25) is 0 Å². The Morgan fingerprint density at radius 2 is 0.673 bits per heavy atom. The Bertz CT molecular complexity index is 1820. The van der Waals surface area contributed by atoms with Crippen molar-refractivity contribution in [1.82, 2.24) is 39.1 Å². The standard InChI is InChI=1S/C34H40N10O8/c1-21-13-27(31(45)49-5)35-41(21)17-39(18-42-22(2)14-28(36-42)32(46)50-6)25-9-11-26(12-10-25)40(19-43-23(3)15-29(37-43)33(47)51-7)20-44-24(4)16-30(38-44)34(48)52-8/h9-16H,17-20H2,1-8H3. The lowest BCUT2D eigenvalue weighted by atomic mass is 10.2. The molecular weight excluding hydrogens is 676 g/mol. The van der Waals surface area contributed by atoms with E-state index in [1.807, 2.05) is 61.8 Å². The largest absolute Gasteiger partial charge is 0.464 e. The summed E-state index contributed by atoms with van der Waals surface area (Å²) in [7, 11) is 5.19. The van der Waals surface area contributed by atoms with Crippen molar-refractivity contribution in [3.63, 3.8) is 0 Å². The summed E-state index contributed by atoms with van der Waals surface area (Å²) in [5.74, 6) is -2.22. The van der Waals surface area contributed by atoms with Gasteiger partial charge in [0.1, 0.15) is 26.7 Å². The van der Waals surface area contributed by atoms with Crippen molar-refractivity contribution in [3.8, 4) is 0 Å². The molecule has 0 bridgehead atoms. The molecule has 18 heteroatoms. The van der Waals surface area contributed by atoms with Crippen molar-refractivity contribution in [3.05, 3.63) is 94.1 Å². The van der Waals surface area contributed by atoms with Crippen LogP contribution >= 0.6 is 0 Å². The Morgan fingerprint density at radius 3 is 0.865 bits per heavy atom. The third-order valence-electron chi connectivity index (χ3n) is 8.30. The van der Waals surface area contributed by atoms with Crippen molar-refractivity contribution in [2.75, 3.05) is 38.2 Å². The predicted molar refractivity (Wildman–Crippen MR) is 185 cm³/mol. The van der Waals surface area contributed by atoms with Gasteiger partial charge in [-0.1, -0.05) is 0 Å². The molecule has 0 unspecified atom stereocenters. The molecule has 0 fully saturated rings. The van der Waals surface area contributed by atoms with Crippen LogP contribution in [0, 0.1) is 27.7 Å². The van der Waals surface area contributed by atoms with Crippen LogP contribution in [0.15, 0.2) is 48.5 Å². The zero-order chi connectivity index (χ0) is 37.7. The van der Waals surface area contributed by atoms with Gasteiger partial charge in [0, 0.05) is 34.2 Å². The molecule has 1 aromatic carbocycles. The number of ether oxygens (including phenoxy) is 4. The zero-order valence-corrected chi connectivity index (χ0v) is 30.2. The molecule has 18 nitrogen and oxygen atoms in total. The molecule has 0 atom stereocenters. The smallest absolute Gasteiger partial charge is 0.358 e. The minimum absolute atomic E-state index is 0.169. The lowest BCUT2D eigenvalue weighted by Crippen LogP contribution is -2.32. The van der Waals surface area contributed by atoms with Crippen molar-refractivity contribution in [1.29, 1.82) is 0 Å². The zero-order valence-electron chi connectivity index (χ0n) is 30.2. The highest BCUT2D eigenvalue weighted by atomic mass is 16.5. The summed E-state index contributed by atoms with van der Waals surface area (Å²) in [6.45, 7) is 8.18. The summed E-state index contributed by atoms with van der Waals surface area (Å²) >= 11 is 0. The Labute approximate surface area is 299 Å². The maximum atomic E-state index is 12.2. The predicted octanol–water partition coefficient (Wildman–Crippen LogP) is 3.10. The molecule has 0 saturated carbocycles. The fourth-order valence-electron chi connectivity index (χ4n) is 5.37. The first-order valence-electron chi connectivity index (χ1n) is 16.0. The van der Waals surface area contributed by atoms with Crippen LogP contribution in [0.3, 0.4) is 0 Å². The van der Waals surface area contributed by atoms with Crippen LogP contribution in [0.2, 0.25) is 0 Å². The number of nitrogens with zero attached hydrogens (tertiary/aromatic N) is 10.